The maximum absolute atomic E-state index is 11.5. The highest BCUT2D eigenvalue weighted by Gasteiger charge is 2.15. The van der Waals surface area contributed by atoms with Crippen LogP contribution in [0.5, 0.6) is 0 Å². The second kappa shape index (κ2) is 5.79. The van der Waals surface area contributed by atoms with E-state index in [2.05, 4.69) is 5.32 Å². The van der Waals surface area contributed by atoms with Crippen molar-refractivity contribution in [3.05, 3.63) is 21.4 Å². The molecule has 0 saturated carbocycles. The van der Waals surface area contributed by atoms with Crippen LogP contribution < -0.4 is 16.8 Å². The fraction of sp³-hybridized carbons (Fsp3) is 0.455. The summed E-state index contributed by atoms with van der Waals surface area (Å²) in [5.41, 5.74) is 11.7. The SMILES string of the molecule is Cc1cc(CNC(=O)C(N)CC(N)=O)sc1C. The van der Waals surface area contributed by atoms with E-state index in [0.29, 0.717) is 6.54 Å². The van der Waals surface area contributed by atoms with E-state index in [-0.39, 0.29) is 12.3 Å². The molecular weight excluding hydrogens is 238 g/mol. The highest BCUT2D eigenvalue weighted by molar-refractivity contribution is 7.12. The van der Waals surface area contributed by atoms with Crippen molar-refractivity contribution in [3.63, 3.8) is 0 Å². The minimum Gasteiger partial charge on any atom is -0.370 e. The predicted octanol–water partition coefficient (Wildman–Crippen LogP) is 0.184. The second-order valence-corrected chi connectivity index (χ2v) is 5.29. The van der Waals surface area contributed by atoms with Crippen LogP contribution in [0.15, 0.2) is 6.07 Å². The molecule has 0 fully saturated rings. The third kappa shape index (κ3) is 4.16. The molecular formula is C11H17N3O2S. The second-order valence-electron chi connectivity index (χ2n) is 3.95. The normalized spacial score (nSPS) is 12.2. The molecule has 0 bridgehead atoms. The number of primary amides is 1. The lowest BCUT2D eigenvalue weighted by Gasteiger charge is -2.09. The van der Waals surface area contributed by atoms with Gasteiger partial charge in [-0.05, 0) is 25.5 Å². The fourth-order valence-electron chi connectivity index (χ4n) is 1.35. The molecule has 2 amide bonds. The monoisotopic (exact) mass is 255 g/mol. The van der Waals surface area contributed by atoms with Crippen molar-refractivity contribution < 1.29 is 9.59 Å². The average molecular weight is 255 g/mol. The third-order valence-corrected chi connectivity index (χ3v) is 3.56. The molecule has 0 spiro atoms. The number of hydrogen-bond acceptors (Lipinski definition) is 4. The minimum absolute atomic E-state index is 0.131. The zero-order valence-corrected chi connectivity index (χ0v) is 10.8. The van der Waals surface area contributed by atoms with Gasteiger partial charge in [0.2, 0.25) is 11.8 Å². The quantitative estimate of drug-likeness (QED) is 0.700. The van der Waals surface area contributed by atoms with Gasteiger partial charge in [-0.15, -0.1) is 11.3 Å². The number of hydrogen-bond donors (Lipinski definition) is 3. The molecule has 1 rings (SSSR count). The summed E-state index contributed by atoms with van der Waals surface area (Å²) in [6.45, 7) is 4.49. The number of rotatable bonds is 5. The summed E-state index contributed by atoms with van der Waals surface area (Å²) in [5.74, 6) is -0.928. The largest absolute Gasteiger partial charge is 0.370 e. The van der Waals surface area contributed by atoms with Crippen LogP contribution in [0.4, 0.5) is 0 Å². The summed E-state index contributed by atoms with van der Waals surface area (Å²) in [7, 11) is 0. The molecule has 0 aliphatic heterocycles. The third-order valence-electron chi connectivity index (χ3n) is 2.41. The van der Waals surface area contributed by atoms with E-state index in [1.54, 1.807) is 11.3 Å². The minimum atomic E-state index is -0.866. The van der Waals surface area contributed by atoms with Crippen molar-refractivity contribution in [1.82, 2.24) is 5.32 Å². The van der Waals surface area contributed by atoms with Crippen LogP contribution in [-0.2, 0) is 16.1 Å². The Kier molecular flexibility index (Phi) is 4.65. The van der Waals surface area contributed by atoms with Gasteiger partial charge in [0, 0.05) is 9.75 Å². The maximum atomic E-state index is 11.5. The summed E-state index contributed by atoms with van der Waals surface area (Å²) in [4.78, 5) is 24.4. The van der Waals surface area contributed by atoms with Crippen molar-refractivity contribution >= 4 is 23.2 Å². The van der Waals surface area contributed by atoms with Gasteiger partial charge in [-0.3, -0.25) is 9.59 Å². The molecule has 94 valence electrons. The van der Waals surface area contributed by atoms with Gasteiger partial charge < -0.3 is 16.8 Å². The highest BCUT2D eigenvalue weighted by atomic mass is 32.1. The summed E-state index contributed by atoms with van der Waals surface area (Å²) in [6.07, 6.45) is -0.131. The van der Waals surface area contributed by atoms with E-state index < -0.39 is 11.9 Å². The number of carbonyl (C=O) groups excluding carboxylic acids is 2. The van der Waals surface area contributed by atoms with Gasteiger partial charge in [-0.25, -0.2) is 0 Å². The van der Waals surface area contributed by atoms with Crippen molar-refractivity contribution in [2.24, 2.45) is 11.5 Å². The molecule has 6 heteroatoms. The Hall–Kier alpha value is -1.40. The van der Waals surface area contributed by atoms with Gasteiger partial charge in [0.05, 0.1) is 19.0 Å². The van der Waals surface area contributed by atoms with Crippen LogP contribution in [0.2, 0.25) is 0 Å². The first-order chi connectivity index (χ1) is 7.90. The number of amides is 2. The Bertz CT molecular complexity index is 409. The molecule has 5 N–H and O–H groups in total. The summed E-state index contributed by atoms with van der Waals surface area (Å²) in [6, 6.07) is 1.16. The number of carbonyl (C=O) groups is 2. The zero-order valence-electron chi connectivity index (χ0n) is 9.95. The van der Waals surface area contributed by atoms with E-state index in [0.717, 1.165) is 4.88 Å². The molecule has 0 aliphatic rings. The van der Waals surface area contributed by atoms with E-state index in [1.165, 1.54) is 10.4 Å². The summed E-state index contributed by atoms with van der Waals surface area (Å²) >= 11 is 1.63. The van der Waals surface area contributed by atoms with Crippen molar-refractivity contribution in [2.75, 3.05) is 0 Å². The highest BCUT2D eigenvalue weighted by Crippen LogP contribution is 2.20. The zero-order chi connectivity index (χ0) is 13.0. The molecule has 1 aromatic rings. The molecule has 5 nitrogen and oxygen atoms in total. The Morgan fingerprint density at radius 1 is 1.47 bits per heavy atom. The molecule has 0 radical (unpaired) electrons. The summed E-state index contributed by atoms with van der Waals surface area (Å²) < 4.78 is 0. The lowest BCUT2D eigenvalue weighted by molar-refractivity contribution is -0.126. The molecule has 1 atom stereocenters. The first kappa shape index (κ1) is 13.7. The van der Waals surface area contributed by atoms with Crippen LogP contribution in [0, 0.1) is 13.8 Å². The molecule has 0 saturated heterocycles. The molecule has 1 heterocycles. The first-order valence-electron chi connectivity index (χ1n) is 5.27. The molecule has 1 unspecified atom stereocenters. The Balaban J connectivity index is 2.45. The Labute approximate surface area is 104 Å². The van der Waals surface area contributed by atoms with E-state index >= 15 is 0 Å². The number of aryl methyl sites for hydroxylation is 2. The number of nitrogens with two attached hydrogens (primary N) is 2. The smallest absolute Gasteiger partial charge is 0.237 e. The van der Waals surface area contributed by atoms with E-state index in [9.17, 15) is 9.59 Å². The van der Waals surface area contributed by atoms with Gasteiger partial charge in [0.1, 0.15) is 0 Å². The van der Waals surface area contributed by atoms with Gasteiger partial charge in [-0.2, -0.15) is 0 Å². The van der Waals surface area contributed by atoms with Crippen LogP contribution in [0.3, 0.4) is 0 Å². The molecule has 0 aliphatic carbocycles. The Morgan fingerprint density at radius 2 is 2.12 bits per heavy atom. The van der Waals surface area contributed by atoms with Crippen LogP contribution >= 0.6 is 11.3 Å². The van der Waals surface area contributed by atoms with Gasteiger partial charge >= 0.3 is 0 Å². The lowest BCUT2D eigenvalue weighted by atomic mass is 10.2. The maximum Gasteiger partial charge on any atom is 0.237 e. The van der Waals surface area contributed by atoms with E-state index in [1.807, 2.05) is 19.9 Å². The van der Waals surface area contributed by atoms with Crippen molar-refractivity contribution in [3.8, 4) is 0 Å². The van der Waals surface area contributed by atoms with Crippen LogP contribution in [0.25, 0.3) is 0 Å². The molecule has 1 aromatic heterocycles. The fourth-order valence-corrected chi connectivity index (χ4v) is 2.34. The molecule has 17 heavy (non-hydrogen) atoms. The Morgan fingerprint density at radius 3 is 2.59 bits per heavy atom. The number of thiophene rings is 1. The molecule has 0 aromatic carbocycles. The summed E-state index contributed by atoms with van der Waals surface area (Å²) in [5, 5.41) is 2.68. The predicted molar refractivity (Wildman–Crippen MR) is 67.4 cm³/mol. The average Bonchev–Trinajstić information content (AvgIpc) is 2.54. The van der Waals surface area contributed by atoms with Crippen LogP contribution in [0.1, 0.15) is 21.7 Å². The van der Waals surface area contributed by atoms with Gasteiger partial charge in [0.15, 0.2) is 0 Å². The van der Waals surface area contributed by atoms with Crippen LogP contribution in [-0.4, -0.2) is 17.9 Å². The standard InChI is InChI=1S/C11H17N3O2S/c1-6-3-8(17-7(6)2)5-14-11(16)9(12)4-10(13)15/h3,9H,4-5,12H2,1-2H3,(H2,13,15)(H,14,16). The van der Waals surface area contributed by atoms with Gasteiger partial charge in [0.25, 0.3) is 0 Å². The lowest BCUT2D eigenvalue weighted by Crippen LogP contribution is -2.42. The van der Waals surface area contributed by atoms with Crippen molar-refractivity contribution in [2.45, 2.75) is 32.9 Å². The van der Waals surface area contributed by atoms with Gasteiger partial charge in [-0.1, -0.05) is 0 Å². The van der Waals surface area contributed by atoms with Crippen molar-refractivity contribution in [1.29, 1.82) is 0 Å². The van der Waals surface area contributed by atoms with E-state index in [4.69, 9.17) is 11.5 Å². The first-order valence-corrected chi connectivity index (χ1v) is 6.09. The topological polar surface area (TPSA) is 98.2 Å². The number of nitrogens with one attached hydrogen (secondary N) is 1.